The Morgan fingerprint density at radius 3 is 2.63 bits per heavy atom. The van der Waals surface area contributed by atoms with Gasteiger partial charge in [-0.15, -0.1) is 0 Å². The molecule has 2 N–H and O–H groups in total. The van der Waals surface area contributed by atoms with Gasteiger partial charge in [-0.3, -0.25) is 9.69 Å². The molecule has 1 aliphatic rings. The average molecular weight is 525 g/mol. The van der Waals surface area contributed by atoms with Crippen molar-refractivity contribution in [3.05, 3.63) is 41.1 Å². The summed E-state index contributed by atoms with van der Waals surface area (Å²) in [4.78, 5) is 21.7. The topological polar surface area (TPSA) is 131 Å². The third-order valence-electron chi connectivity index (χ3n) is 6.82. The lowest BCUT2D eigenvalue weighted by Crippen LogP contribution is -2.36. The van der Waals surface area contributed by atoms with Gasteiger partial charge in [0.2, 0.25) is 11.7 Å². The van der Waals surface area contributed by atoms with E-state index < -0.39 is 12.1 Å². The van der Waals surface area contributed by atoms with Crippen LogP contribution in [0.5, 0.6) is 11.6 Å². The average Bonchev–Trinajstić information content (AvgIpc) is 3.59. The zero-order valence-electron chi connectivity index (χ0n) is 22.4. The minimum atomic E-state index is -0.942. The number of carboxylic acid groups (broad SMARTS) is 1. The minimum absolute atomic E-state index is 0.0523. The Morgan fingerprint density at radius 2 is 1.95 bits per heavy atom. The lowest BCUT2D eigenvalue weighted by Gasteiger charge is -2.21. The first-order valence-electron chi connectivity index (χ1n) is 13.0. The van der Waals surface area contributed by atoms with E-state index in [1.165, 1.54) is 17.7 Å². The monoisotopic (exact) mass is 524 g/mol. The molecule has 4 rings (SSSR count). The Kier molecular flexibility index (Phi) is 8.96. The third kappa shape index (κ3) is 6.68. The number of pyridine rings is 1. The summed E-state index contributed by atoms with van der Waals surface area (Å²) in [6, 6.07) is 7.74. The number of hydrogen-bond donors (Lipinski definition) is 2. The van der Waals surface area contributed by atoms with Gasteiger partial charge in [0.15, 0.2) is 0 Å². The quantitative estimate of drug-likeness (QED) is 0.357. The number of ether oxygens (including phenoxy) is 2. The van der Waals surface area contributed by atoms with Crippen LogP contribution in [0.1, 0.15) is 55.3 Å². The molecule has 0 bridgehead atoms. The lowest BCUT2D eigenvalue weighted by atomic mass is 10.0. The number of aromatic nitrogens is 3. The molecule has 1 atom stereocenters. The predicted octanol–water partition coefficient (Wildman–Crippen LogP) is 4.09. The highest BCUT2D eigenvalue weighted by Gasteiger charge is 2.22. The van der Waals surface area contributed by atoms with Crippen LogP contribution < -0.4 is 9.47 Å². The van der Waals surface area contributed by atoms with E-state index in [9.17, 15) is 9.90 Å². The highest BCUT2D eigenvalue weighted by molar-refractivity contribution is 5.69. The lowest BCUT2D eigenvalue weighted by molar-refractivity contribution is -0.138. The Hall–Kier alpha value is -3.50. The second-order valence-corrected chi connectivity index (χ2v) is 9.92. The van der Waals surface area contributed by atoms with Gasteiger partial charge >= 0.3 is 5.97 Å². The first-order valence-corrected chi connectivity index (χ1v) is 13.0. The summed E-state index contributed by atoms with van der Waals surface area (Å²) in [6.07, 6.45) is 4.55. The van der Waals surface area contributed by atoms with Gasteiger partial charge in [0, 0.05) is 35.3 Å². The maximum Gasteiger partial charge on any atom is 0.317 e. The molecule has 0 saturated heterocycles. The molecule has 0 spiro atoms. The molecule has 2 aromatic heterocycles. The van der Waals surface area contributed by atoms with Crippen LogP contribution in [0.25, 0.3) is 22.8 Å². The van der Waals surface area contributed by atoms with Crippen LogP contribution in [0.15, 0.2) is 28.8 Å². The van der Waals surface area contributed by atoms with E-state index in [1.807, 2.05) is 38.1 Å². The van der Waals surface area contributed by atoms with E-state index in [-0.39, 0.29) is 19.7 Å². The van der Waals surface area contributed by atoms with Crippen molar-refractivity contribution in [1.82, 2.24) is 20.0 Å². The zero-order chi connectivity index (χ0) is 27.2. The van der Waals surface area contributed by atoms with E-state index >= 15 is 0 Å². The van der Waals surface area contributed by atoms with Crippen molar-refractivity contribution < 1.29 is 29.0 Å². The highest BCUT2D eigenvalue weighted by Crippen LogP contribution is 2.36. The highest BCUT2D eigenvalue weighted by atomic mass is 16.5. The summed E-state index contributed by atoms with van der Waals surface area (Å²) in [5, 5.41) is 23.4. The van der Waals surface area contributed by atoms with Crippen molar-refractivity contribution in [3.8, 4) is 34.5 Å². The maximum atomic E-state index is 10.8. The van der Waals surface area contributed by atoms with Gasteiger partial charge < -0.3 is 24.2 Å². The molecule has 10 heteroatoms. The molecule has 38 heavy (non-hydrogen) atoms. The van der Waals surface area contributed by atoms with E-state index in [1.54, 1.807) is 14.2 Å². The first-order chi connectivity index (χ1) is 18.3. The van der Waals surface area contributed by atoms with Crippen molar-refractivity contribution in [2.45, 2.75) is 58.0 Å². The smallest absolute Gasteiger partial charge is 0.317 e. The summed E-state index contributed by atoms with van der Waals surface area (Å²) in [7, 11) is 3.25. The molecule has 1 aromatic carbocycles. The number of aliphatic hydroxyl groups excluding tert-OH is 1. The Balaban J connectivity index is 1.52. The summed E-state index contributed by atoms with van der Waals surface area (Å²) in [6.45, 7) is 4.06. The second-order valence-electron chi connectivity index (χ2n) is 9.92. The van der Waals surface area contributed by atoms with Crippen molar-refractivity contribution in [1.29, 1.82) is 0 Å². The number of methoxy groups -OCH3 is 1. The molecular formula is C28H36N4O6. The molecule has 1 aliphatic carbocycles. The van der Waals surface area contributed by atoms with Crippen LogP contribution >= 0.6 is 0 Å². The number of aryl methyl sites for hydroxylation is 2. The van der Waals surface area contributed by atoms with Gasteiger partial charge in [0.05, 0.1) is 13.7 Å². The standard InChI is InChI=1S/C28H36N4O6/c1-5-18-11-20(10-17(2)26(18)37-16-22(33)14-32(3)15-25(34)35)27-30-28(38-31-27)21-12-23(19-8-6-7-9-19)29-24(13-21)36-4/h10-13,19,22,33H,5-9,14-16H2,1-4H3,(H,34,35)/t22-/m0/s1. The molecule has 0 amide bonds. The van der Waals surface area contributed by atoms with Gasteiger partial charge in [-0.05, 0) is 62.6 Å². The van der Waals surface area contributed by atoms with Crippen molar-refractivity contribution in [2.75, 3.05) is 33.9 Å². The van der Waals surface area contributed by atoms with Crippen molar-refractivity contribution in [3.63, 3.8) is 0 Å². The van der Waals surface area contributed by atoms with E-state index in [2.05, 4.69) is 15.1 Å². The number of aliphatic carboxylic acids is 1. The van der Waals surface area contributed by atoms with Gasteiger partial charge in [-0.2, -0.15) is 4.98 Å². The number of carboxylic acids is 1. The molecular weight excluding hydrogens is 488 g/mol. The summed E-state index contributed by atoms with van der Waals surface area (Å²) in [5.74, 6) is 1.58. The normalized spacial score (nSPS) is 14.7. The zero-order valence-corrected chi connectivity index (χ0v) is 22.4. The number of nitrogens with zero attached hydrogens (tertiary/aromatic N) is 4. The number of benzene rings is 1. The SMILES string of the molecule is CCc1cc(-c2noc(-c3cc(OC)nc(C4CCCC4)c3)n2)cc(C)c1OC[C@@H](O)CN(C)CC(=O)O. The molecule has 0 aliphatic heterocycles. The molecule has 3 aromatic rings. The van der Waals surface area contributed by atoms with Crippen LogP contribution in [0.3, 0.4) is 0 Å². The number of likely N-dealkylation sites (N-methyl/N-ethyl adjacent to an activating group) is 1. The number of aliphatic hydroxyl groups is 1. The molecule has 1 fully saturated rings. The molecule has 0 unspecified atom stereocenters. The molecule has 204 valence electrons. The summed E-state index contributed by atoms with van der Waals surface area (Å²) in [5.41, 5.74) is 4.42. The van der Waals surface area contributed by atoms with E-state index in [0.29, 0.717) is 35.7 Å². The Bertz CT molecular complexity index is 1250. The van der Waals surface area contributed by atoms with E-state index in [4.69, 9.17) is 19.1 Å². The fraction of sp³-hybridized carbons (Fsp3) is 0.500. The van der Waals surface area contributed by atoms with Crippen LogP contribution in [0.2, 0.25) is 0 Å². The second kappa shape index (κ2) is 12.4. The summed E-state index contributed by atoms with van der Waals surface area (Å²) < 4.78 is 17.1. The number of hydrogen-bond acceptors (Lipinski definition) is 9. The minimum Gasteiger partial charge on any atom is -0.490 e. The summed E-state index contributed by atoms with van der Waals surface area (Å²) >= 11 is 0. The molecule has 2 heterocycles. The number of rotatable bonds is 12. The molecule has 1 saturated carbocycles. The largest absolute Gasteiger partial charge is 0.490 e. The molecule has 10 nitrogen and oxygen atoms in total. The van der Waals surface area contributed by atoms with Crippen molar-refractivity contribution in [2.24, 2.45) is 0 Å². The Morgan fingerprint density at radius 1 is 1.18 bits per heavy atom. The van der Waals surface area contributed by atoms with Crippen LogP contribution in [0, 0.1) is 6.92 Å². The van der Waals surface area contributed by atoms with Crippen LogP contribution in [-0.2, 0) is 11.2 Å². The third-order valence-corrected chi connectivity index (χ3v) is 6.82. The van der Waals surface area contributed by atoms with Gasteiger partial charge in [-0.1, -0.05) is 24.9 Å². The van der Waals surface area contributed by atoms with Crippen molar-refractivity contribution >= 4 is 5.97 Å². The van der Waals surface area contributed by atoms with Gasteiger partial charge in [0.25, 0.3) is 5.89 Å². The fourth-order valence-electron chi connectivity index (χ4n) is 4.98. The van der Waals surface area contributed by atoms with Gasteiger partial charge in [0.1, 0.15) is 18.5 Å². The predicted molar refractivity (Wildman–Crippen MR) is 141 cm³/mol. The number of carbonyl (C=O) groups is 1. The van der Waals surface area contributed by atoms with Crippen LogP contribution in [0.4, 0.5) is 0 Å². The molecule has 0 radical (unpaired) electrons. The fourth-order valence-corrected chi connectivity index (χ4v) is 4.98. The van der Waals surface area contributed by atoms with Gasteiger partial charge in [-0.25, -0.2) is 4.98 Å². The first kappa shape index (κ1) is 27.5. The maximum absolute atomic E-state index is 10.8. The van der Waals surface area contributed by atoms with E-state index in [0.717, 1.165) is 40.8 Å². The Labute approximate surface area is 222 Å². The van der Waals surface area contributed by atoms with Crippen LogP contribution in [-0.4, -0.2) is 76.2 Å².